The van der Waals surface area contributed by atoms with E-state index in [4.69, 9.17) is 4.52 Å². The Balaban J connectivity index is 3.15. The minimum atomic E-state index is -3.27. The summed E-state index contributed by atoms with van der Waals surface area (Å²) < 4.78 is 16.3. The molecule has 4 heteroatoms. The highest BCUT2D eigenvalue weighted by molar-refractivity contribution is 7.52. The van der Waals surface area contributed by atoms with Crippen LogP contribution in [0.4, 0.5) is 0 Å². The second-order valence-corrected chi connectivity index (χ2v) is 7.65. The van der Waals surface area contributed by atoms with Crippen LogP contribution in [-0.4, -0.2) is 17.7 Å². The highest BCUT2D eigenvalue weighted by Gasteiger charge is 2.16. The molecule has 1 atom stereocenters. The molecule has 0 saturated carbocycles. The van der Waals surface area contributed by atoms with Crippen LogP contribution in [0.3, 0.4) is 0 Å². The molecule has 0 saturated heterocycles. The average Bonchev–Trinajstić information content (AvgIpc) is 2.40. The third kappa shape index (κ3) is 14.6. The van der Waals surface area contributed by atoms with E-state index in [2.05, 4.69) is 6.92 Å². The first-order valence-corrected chi connectivity index (χ1v) is 10.3. The van der Waals surface area contributed by atoms with Gasteiger partial charge >= 0.3 is 7.60 Å². The van der Waals surface area contributed by atoms with Crippen molar-refractivity contribution in [2.45, 2.75) is 90.9 Å². The molecular formula is C16H35O3P. The van der Waals surface area contributed by atoms with Crippen LogP contribution in [0.15, 0.2) is 0 Å². The molecule has 0 heterocycles. The molecule has 122 valence electrons. The van der Waals surface area contributed by atoms with E-state index in [1.807, 2.05) is 0 Å². The number of hydrogen-bond donors (Lipinski definition) is 1. The van der Waals surface area contributed by atoms with E-state index in [1.165, 1.54) is 64.2 Å². The van der Waals surface area contributed by atoms with Gasteiger partial charge in [-0.3, -0.25) is 4.57 Å². The van der Waals surface area contributed by atoms with Gasteiger partial charge in [0.1, 0.15) is 0 Å². The molecular weight excluding hydrogens is 271 g/mol. The molecule has 0 fully saturated rings. The Kier molecular flexibility index (Phi) is 14.2. The molecule has 0 spiro atoms. The van der Waals surface area contributed by atoms with Crippen molar-refractivity contribution in [3.63, 3.8) is 0 Å². The molecule has 0 rings (SSSR count). The molecule has 0 aromatic heterocycles. The molecule has 3 nitrogen and oxygen atoms in total. The lowest BCUT2D eigenvalue weighted by Crippen LogP contribution is -1.94. The molecule has 0 aliphatic carbocycles. The summed E-state index contributed by atoms with van der Waals surface area (Å²) in [4.78, 5) is 9.41. The second kappa shape index (κ2) is 14.1. The van der Waals surface area contributed by atoms with E-state index >= 15 is 0 Å². The fourth-order valence-electron chi connectivity index (χ4n) is 2.42. The monoisotopic (exact) mass is 306 g/mol. The summed E-state index contributed by atoms with van der Waals surface area (Å²) in [5.41, 5.74) is 0. The number of unbranched alkanes of at least 4 members (excludes halogenated alkanes) is 11. The lowest BCUT2D eigenvalue weighted by molar-refractivity contribution is 0.272. The zero-order chi connectivity index (χ0) is 15.1. The maximum atomic E-state index is 11.4. The fourth-order valence-corrected chi connectivity index (χ4v) is 3.57. The van der Waals surface area contributed by atoms with Gasteiger partial charge < -0.3 is 9.42 Å². The van der Waals surface area contributed by atoms with E-state index in [9.17, 15) is 9.46 Å². The summed E-state index contributed by atoms with van der Waals surface area (Å²) in [7, 11) is -3.27. The summed E-state index contributed by atoms with van der Waals surface area (Å²) >= 11 is 0. The molecule has 0 aliphatic heterocycles. The molecule has 0 aromatic carbocycles. The Morgan fingerprint density at radius 1 is 0.750 bits per heavy atom. The largest absolute Gasteiger partial charge is 0.328 e. The van der Waals surface area contributed by atoms with E-state index in [-0.39, 0.29) is 0 Å². The van der Waals surface area contributed by atoms with E-state index < -0.39 is 7.60 Å². The lowest BCUT2D eigenvalue weighted by Gasteiger charge is -2.10. The van der Waals surface area contributed by atoms with E-state index in [0.29, 0.717) is 12.8 Å². The van der Waals surface area contributed by atoms with Crippen LogP contribution in [0, 0.1) is 0 Å². The molecule has 1 N–H and O–H groups in total. The zero-order valence-corrected chi connectivity index (χ0v) is 14.5. The third-order valence-electron chi connectivity index (χ3n) is 3.63. The normalized spacial score (nSPS) is 14.3. The molecule has 0 aromatic rings. The summed E-state index contributed by atoms with van der Waals surface area (Å²) in [6.45, 7) is 4.33. The average molecular weight is 306 g/mol. The number of hydrogen-bond acceptors (Lipinski definition) is 2. The third-order valence-corrected chi connectivity index (χ3v) is 5.17. The quantitative estimate of drug-likeness (QED) is 0.302. The van der Waals surface area contributed by atoms with E-state index in [1.54, 1.807) is 6.92 Å². The number of rotatable bonds is 15. The maximum absolute atomic E-state index is 11.4. The first-order valence-electron chi connectivity index (χ1n) is 8.58. The predicted octanol–water partition coefficient (Wildman–Crippen LogP) is 5.91. The van der Waals surface area contributed by atoms with Crippen LogP contribution in [0.5, 0.6) is 0 Å². The highest BCUT2D eigenvalue weighted by Crippen LogP contribution is 2.42. The van der Waals surface area contributed by atoms with Crippen LogP contribution in [0.1, 0.15) is 90.9 Å². The first-order chi connectivity index (χ1) is 9.62. The van der Waals surface area contributed by atoms with Crippen molar-refractivity contribution in [2.75, 3.05) is 12.8 Å². The molecule has 0 bridgehead atoms. The van der Waals surface area contributed by atoms with Gasteiger partial charge in [0.15, 0.2) is 0 Å². The van der Waals surface area contributed by atoms with Crippen molar-refractivity contribution in [2.24, 2.45) is 0 Å². The van der Waals surface area contributed by atoms with Gasteiger partial charge in [-0.15, -0.1) is 0 Å². The standard InChI is InChI=1S/C16H35O3P/c1-3-5-6-7-8-9-10-11-12-13-14-15-16-20(17,18)19-4-2/h3-16H2,1-2H3,(H,17,18). The molecule has 1 unspecified atom stereocenters. The predicted molar refractivity (Wildman–Crippen MR) is 87.4 cm³/mol. The summed E-state index contributed by atoms with van der Waals surface area (Å²) in [5.74, 6) is 0. The van der Waals surface area contributed by atoms with Crippen molar-refractivity contribution in [3.05, 3.63) is 0 Å². The molecule has 0 radical (unpaired) electrons. The van der Waals surface area contributed by atoms with Crippen LogP contribution >= 0.6 is 7.60 Å². The topological polar surface area (TPSA) is 46.5 Å². The van der Waals surface area contributed by atoms with Gasteiger partial charge in [-0.2, -0.15) is 0 Å². The minimum absolute atomic E-state index is 0.318. The summed E-state index contributed by atoms with van der Waals surface area (Å²) in [6, 6.07) is 0. The molecule has 0 aliphatic rings. The smallest absolute Gasteiger partial charge is 0.324 e. The molecule has 0 amide bonds. The second-order valence-electron chi connectivity index (χ2n) is 5.67. The Bertz CT molecular complexity index is 244. The summed E-state index contributed by atoms with van der Waals surface area (Å²) in [6.07, 6.45) is 15.6. The van der Waals surface area contributed by atoms with E-state index in [0.717, 1.165) is 12.8 Å². The Morgan fingerprint density at radius 2 is 1.15 bits per heavy atom. The van der Waals surface area contributed by atoms with Crippen LogP contribution in [-0.2, 0) is 9.09 Å². The van der Waals surface area contributed by atoms with Crippen molar-refractivity contribution in [3.8, 4) is 0 Å². The van der Waals surface area contributed by atoms with Crippen LogP contribution in [0.2, 0.25) is 0 Å². The Labute approximate surface area is 126 Å². The van der Waals surface area contributed by atoms with Crippen molar-refractivity contribution in [1.29, 1.82) is 0 Å². The van der Waals surface area contributed by atoms with Crippen LogP contribution < -0.4 is 0 Å². The SMILES string of the molecule is CCCCCCCCCCCCCCP(=O)(O)OCC. The Morgan fingerprint density at radius 3 is 1.55 bits per heavy atom. The van der Waals surface area contributed by atoms with Crippen molar-refractivity contribution in [1.82, 2.24) is 0 Å². The summed E-state index contributed by atoms with van der Waals surface area (Å²) in [5, 5.41) is 0. The van der Waals surface area contributed by atoms with Gasteiger partial charge in [0.2, 0.25) is 0 Å². The first kappa shape index (κ1) is 20.1. The zero-order valence-electron chi connectivity index (χ0n) is 13.6. The maximum Gasteiger partial charge on any atom is 0.328 e. The lowest BCUT2D eigenvalue weighted by atomic mass is 10.1. The molecule has 20 heavy (non-hydrogen) atoms. The fraction of sp³-hybridized carbons (Fsp3) is 1.00. The van der Waals surface area contributed by atoms with Gasteiger partial charge in [-0.25, -0.2) is 0 Å². The van der Waals surface area contributed by atoms with Gasteiger partial charge in [-0.05, 0) is 13.3 Å². The van der Waals surface area contributed by atoms with Gasteiger partial charge in [0.25, 0.3) is 0 Å². The van der Waals surface area contributed by atoms with Crippen molar-refractivity contribution >= 4 is 7.60 Å². The minimum Gasteiger partial charge on any atom is -0.324 e. The van der Waals surface area contributed by atoms with Crippen LogP contribution in [0.25, 0.3) is 0 Å². The van der Waals surface area contributed by atoms with Gasteiger partial charge in [-0.1, -0.05) is 77.6 Å². The highest BCUT2D eigenvalue weighted by atomic mass is 31.2. The Hall–Kier alpha value is 0.150. The van der Waals surface area contributed by atoms with Gasteiger partial charge in [0, 0.05) is 6.16 Å². The van der Waals surface area contributed by atoms with Gasteiger partial charge in [0.05, 0.1) is 6.61 Å². The van der Waals surface area contributed by atoms with Crippen molar-refractivity contribution < 1.29 is 14.0 Å².